The van der Waals surface area contributed by atoms with Crippen molar-refractivity contribution in [1.29, 1.82) is 0 Å². The number of halogens is 5. The van der Waals surface area contributed by atoms with Crippen LogP contribution in [0.15, 0.2) is 36.4 Å². The molecule has 17 heavy (non-hydrogen) atoms. The molecule has 0 aliphatic carbocycles. The van der Waals surface area contributed by atoms with Gasteiger partial charge in [0.05, 0.1) is 5.56 Å². The van der Waals surface area contributed by atoms with Gasteiger partial charge in [0.2, 0.25) is 0 Å². The Bertz CT molecular complexity index is 542. The van der Waals surface area contributed by atoms with E-state index < -0.39 is 23.7 Å². The van der Waals surface area contributed by atoms with E-state index in [-0.39, 0.29) is 10.8 Å². The molecule has 0 aliphatic heterocycles. The van der Waals surface area contributed by atoms with Crippen molar-refractivity contribution in [3.8, 4) is 0 Å². The zero-order valence-corrected chi connectivity index (χ0v) is 8.43. The van der Waals surface area contributed by atoms with E-state index in [1.54, 1.807) is 0 Å². The van der Waals surface area contributed by atoms with Gasteiger partial charge in [0.1, 0.15) is 0 Å². The van der Waals surface area contributed by atoms with Crippen LogP contribution in [-0.2, 0) is 6.18 Å². The number of benzene rings is 2. The molecule has 0 fully saturated rings. The Morgan fingerprint density at radius 3 is 2.18 bits per heavy atom. The van der Waals surface area contributed by atoms with Crippen LogP contribution in [0, 0.1) is 0 Å². The van der Waals surface area contributed by atoms with Crippen molar-refractivity contribution < 1.29 is 22.0 Å². The number of rotatable bonds is 1. The first kappa shape index (κ1) is 11.8. The molecule has 0 aromatic heterocycles. The smallest absolute Gasteiger partial charge is 0.205 e. The van der Waals surface area contributed by atoms with Crippen LogP contribution in [0.5, 0.6) is 0 Å². The van der Waals surface area contributed by atoms with Crippen molar-refractivity contribution in [3.63, 3.8) is 0 Å². The molecule has 2 rings (SSSR count). The van der Waals surface area contributed by atoms with Gasteiger partial charge in [-0.15, -0.1) is 0 Å². The number of hydrogen-bond acceptors (Lipinski definition) is 0. The molecule has 0 heterocycles. The van der Waals surface area contributed by atoms with E-state index in [0.717, 1.165) is 6.07 Å². The second-order valence-electron chi connectivity index (χ2n) is 3.59. The van der Waals surface area contributed by atoms with E-state index in [4.69, 9.17) is 0 Å². The Hall–Kier alpha value is -1.65. The predicted octanol–water partition coefficient (Wildman–Crippen LogP) is 4.80. The molecule has 0 nitrogen and oxygen atoms in total. The Labute approximate surface area is 93.7 Å². The summed E-state index contributed by atoms with van der Waals surface area (Å²) in [5.74, 6) is 0. The van der Waals surface area contributed by atoms with Crippen LogP contribution in [0.1, 0.15) is 17.6 Å². The van der Waals surface area contributed by atoms with Crippen molar-refractivity contribution >= 4 is 10.8 Å². The number of hydrogen-bond donors (Lipinski definition) is 0. The quantitative estimate of drug-likeness (QED) is 0.634. The molecule has 0 aliphatic rings. The first-order valence-electron chi connectivity index (χ1n) is 4.77. The largest absolute Gasteiger partial charge is 0.416 e. The molecular formula is C12H7F5. The number of fused-ring (bicyclic) bond motifs is 1. The molecule has 0 radical (unpaired) electrons. The molecule has 2 aromatic carbocycles. The third-order valence-electron chi connectivity index (χ3n) is 2.46. The second-order valence-corrected chi connectivity index (χ2v) is 3.59. The molecule has 0 saturated heterocycles. The molecule has 0 amide bonds. The molecule has 90 valence electrons. The van der Waals surface area contributed by atoms with Crippen molar-refractivity contribution in [1.82, 2.24) is 0 Å². The molecule has 0 bridgehead atoms. The van der Waals surface area contributed by atoms with Gasteiger partial charge in [-0.3, -0.25) is 0 Å². The molecule has 2 aromatic rings. The monoisotopic (exact) mass is 246 g/mol. The first-order valence-corrected chi connectivity index (χ1v) is 4.77. The van der Waals surface area contributed by atoms with Crippen LogP contribution in [-0.4, -0.2) is 0 Å². The maximum Gasteiger partial charge on any atom is 0.416 e. The van der Waals surface area contributed by atoms with Gasteiger partial charge >= 0.3 is 6.18 Å². The summed E-state index contributed by atoms with van der Waals surface area (Å²) >= 11 is 0. The Kier molecular flexibility index (Phi) is 2.77. The Morgan fingerprint density at radius 2 is 1.59 bits per heavy atom. The van der Waals surface area contributed by atoms with Crippen molar-refractivity contribution in [3.05, 3.63) is 47.5 Å². The summed E-state index contributed by atoms with van der Waals surface area (Å²) in [4.78, 5) is 0. The van der Waals surface area contributed by atoms with Gasteiger partial charge in [0.15, 0.2) is 0 Å². The second kappa shape index (κ2) is 3.98. The van der Waals surface area contributed by atoms with Crippen molar-refractivity contribution in [2.75, 3.05) is 0 Å². The minimum Gasteiger partial charge on any atom is -0.205 e. The third-order valence-corrected chi connectivity index (χ3v) is 2.46. The summed E-state index contributed by atoms with van der Waals surface area (Å²) in [5, 5.41) is 0.313. The van der Waals surface area contributed by atoms with E-state index in [2.05, 4.69) is 0 Å². The minimum absolute atomic E-state index is 0.149. The maximum absolute atomic E-state index is 12.7. The lowest BCUT2D eigenvalue weighted by molar-refractivity contribution is -0.137. The topological polar surface area (TPSA) is 0 Å². The fraction of sp³-hybridized carbons (Fsp3) is 0.167. The lowest BCUT2D eigenvalue weighted by Crippen LogP contribution is -2.06. The summed E-state index contributed by atoms with van der Waals surface area (Å²) < 4.78 is 62.9. The summed E-state index contributed by atoms with van der Waals surface area (Å²) in [6.45, 7) is 0. The molecular weight excluding hydrogens is 239 g/mol. The zero-order chi connectivity index (χ0) is 12.6. The molecule has 5 heteroatoms. The first-order chi connectivity index (χ1) is 7.89. The van der Waals surface area contributed by atoms with E-state index in [1.165, 1.54) is 24.3 Å². The average Bonchev–Trinajstić information content (AvgIpc) is 2.26. The van der Waals surface area contributed by atoms with E-state index in [1.807, 2.05) is 0 Å². The molecule has 0 unspecified atom stereocenters. The van der Waals surface area contributed by atoms with Crippen LogP contribution in [0.3, 0.4) is 0 Å². The summed E-state index contributed by atoms with van der Waals surface area (Å²) in [6.07, 6.45) is -7.55. The lowest BCUT2D eigenvalue weighted by Gasteiger charge is -2.12. The van der Waals surface area contributed by atoms with Gasteiger partial charge in [-0.25, -0.2) is 8.78 Å². The van der Waals surface area contributed by atoms with Crippen LogP contribution in [0.4, 0.5) is 22.0 Å². The van der Waals surface area contributed by atoms with Gasteiger partial charge < -0.3 is 0 Å². The highest BCUT2D eigenvalue weighted by Crippen LogP contribution is 2.36. The fourth-order valence-corrected chi connectivity index (χ4v) is 1.68. The van der Waals surface area contributed by atoms with Gasteiger partial charge in [0, 0.05) is 5.56 Å². The predicted molar refractivity (Wildman–Crippen MR) is 53.9 cm³/mol. The number of alkyl halides is 5. The van der Waals surface area contributed by atoms with Gasteiger partial charge in [-0.1, -0.05) is 24.3 Å². The van der Waals surface area contributed by atoms with Gasteiger partial charge in [-0.2, -0.15) is 13.2 Å². The molecule has 0 saturated carbocycles. The Balaban J connectivity index is 2.76. The zero-order valence-electron chi connectivity index (χ0n) is 8.43. The van der Waals surface area contributed by atoms with Crippen LogP contribution in [0.25, 0.3) is 10.8 Å². The lowest BCUT2D eigenvalue weighted by atomic mass is 10.0. The van der Waals surface area contributed by atoms with Crippen LogP contribution >= 0.6 is 0 Å². The standard InChI is InChI=1S/C12H7F5/c13-11(14)10-6-8(12(15,16)17)5-7-3-1-2-4-9(7)10/h1-6,11H. The van der Waals surface area contributed by atoms with E-state index in [0.29, 0.717) is 6.07 Å². The summed E-state index contributed by atoms with van der Waals surface area (Å²) in [6, 6.07) is 7.18. The molecule has 0 atom stereocenters. The summed E-state index contributed by atoms with van der Waals surface area (Å²) in [7, 11) is 0. The third kappa shape index (κ3) is 2.23. The fourth-order valence-electron chi connectivity index (χ4n) is 1.68. The highest BCUT2D eigenvalue weighted by molar-refractivity contribution is 5.86. The van der Waals surface area contributed by atoms with Gasteiger partial charge in [-0.05, 0) is 22.9 Å². The molecule has 0 spiro atoms. The maximum atomic E-state index is 12.7. The highest BCUT2D eigenvalue weighted by Gasteiger charge is 2.32. The van der Waals surface area contributed by atoms with Crippen molar-refractivity contribution in [2.24, 2.45) is 0 Å². The van der Waals surface area contributed by atoms with Crippen molar-refractivity contribution in [2.45, 2.75) is 12.6 Å². The summed E-state index contributed by atoms with van der Waals surface area (Å²) in [5.41, 5.74) is -1.64. The molecule has 0 N–H and O–H groups in total. The van der Waals surface area contributed by atoms with Crippen LogP contribution in [0.2, 0.25) is 0 Å². The van der Waals surface area contributed by atoms with E-state index in [9.17, 15) is 22.0 Å². The minimum atomic E-state index is -4.62. The Morgan fingerprint density at radius 1 is 0.941 bits per heavy atom. The highest BCUT2D eigenvalue weighted by atomic mass is 19.4. The van der Waals surface area contributed by atoms with Crippen LogP contribution < -0.4 is 0 Å². The normalized spacial score (nSPS) is 12.4. The average molecular weight is 246 g/mol. The van der Waals surface area contributed by atoms with Gasteiger partial charge in [0.25, 0.3) is 6.43 Å². The SMILES string of the molecule is FC(F)c1cc(C(F)(F)F)cc2ccccc12. The van der Waals surface area contributed by atoms with E-state index >= 15 is 0 Å².